The van der Waals surface area contributed by atoms with Gasteiger partial charge < -0.3 is 34.2 Å². The third-order valence-corrected chi connectivity index (χ3v) is 15.7. The highest BCUT2D eigenvalue weighted by Crippen LogP contribution is 2.45. The molecule has 87 heavy (non-hydrogen) atoms. The highest BCUT2D eigenvalue weighted by Gasteiger charge is 2.29. The number of aliphatic hydroxyl groups is 2. The quantitative estimate of drug-likeness (QED) is 0.0146. The van der Waals surface area contributed by atoms with Crippen LogP contribution in [0, 0.1) is 0 Å². The van der Waals surface area contributed by atoms with E-state index in [1.165, 1.54) is 77.0 Å². The zero-order valence-electron chi connectivity index (χ0n) is 54.2. The van der Waals surface area contributed by atoms with Gasteiger partial charge in [-0.2, -0.15) is 0 Å². The smallest absolute Gasteiger partial charge is 0.463 e. The van der Waals surface area contributed by atoms with Crippen LogP contribution in [-0.4, -0.2) is 95.9 Å². The first-order valence-electron chi connectivity index (χ1n) is 33.5. The van der Waals surface area contributed by atoms with Gasteiger partial charge in [-0.25, -0.2) is 9.13 Å². The van der Waals surface area contributed by atoms with E-state index in [9.17, 15) is 43.5 Å². The van der Waals surface area contributed by atoms with Crippen LogP contribution in [-0.2, 0) is 55.8 Å². The Kier molecular flexibility index (Phi) is 60.1. The van der Waals surface area contributed by atoms with E-state index in [-0.39, 0.29) is 19.3 Å². The van der Waals surface area contributed by atoms with Gasteiger partial charge in [0.15, 0.2) is 6.10 Å². The maximum Gasteiger partial charge on any atom is 0.472 e. The maximum atomic E-state index is 12.9. The van der Waals surface area contributed by atoms with Crippen molar-refractivity contribution in [3.63, 3.8) is 0 Å². The normalized spacial score (nSPS) is 14.9. The zero-order valence-corrected chi connectivity index (χ0v) is 56.0. The first-order valence-corrected chi connectivity index (χ1v) is 36.5. The van der Waals surface area contributed by atoms with Crippen molar-refractivity contribution in [2.45, 2.75) is 283 Å². The Bertz CT molecular complexity index is 1980. The van der Waals surface area contributed by atoms with Crippen LogP contribution < -0.4 is 0 Å². The van der Waals surface area contributed by atoms with Gasteiger partial charge in [-0.3, -0.25) is 32.5 Å². The van der Waals surface area contributed by atoms with Crippen LogP contribution in [0.25, 0.3) is 0 Å². The molecule has 502 valence electrons. The van der Waals surface area contributed by atoms with Crippen LogP contribution in [0.5, 0.6) is 0 Å². The molecule has 0 aliphatic heterocycles. The number of rotatable bonds is 63. The molecule has 5 unspecified atom stereocenters. The Hall–Kier alpha value is -3.53. The number of aliphatic hydroxyl groups excluding tert-OH is 2. The van der Waals surface area contributed by atoms with Crippen molar-refractivity contribution in [1.29, 1.82) is 0 Å². The number of ether oxygens (including phenoxy) is 3. The molecule has 0 bridgehead atoms. The van der Waals surface area contributed by atoms with Gasteiger partial charge in [-0.05, 0) is 103 Å². The van der Waals surface area contributed by atoms with Crippen molar-refractivity contribution in [2.24, 2.45) is 0 Å². The second kappa shape index (κ2) is 62.7. The summed E-state index contributed by atoms with van der Waals surface area (Å²) in [5, 5.41) is 20.5. The number of esters is 3. The molecule has 4 N–H and O–H groups in total. The molecule has 0 aromatic carbocycles. The summed E-state index contributed by atoms with van der Waals surface area (Å²) in [5.74, 6) is -1.62. The minimum absolute atomic E-state index is 0.100. The molecule has 0 saturated carbocycles. The average molecular weight is 1270 g/mol. The topological polar surface area (TPSA) is 231 Å². The molecule has 0 heterocycles. The lowest BCUT2D eigenvalue weighted by Crippen LogP contribution is -2.30. The Morgan fingerprint density at radius 2 is 0.609 bits per heavy atom. The highest BCUT2D eigenvalue weighted by atomic mass is 31.2. The minimum Gasteiger partial charge on any atom is -0.463 e. The molecule has 18 heteroatoms. The van der Waals surface area contributed by atoms with Crippen LogP contribution in [0.4, 0.5) is 0 Å². The van der Waals surface area contributed by atoms with Gasteiger partial charge in [-0.15, -0.1) is 0 Å². The van der Waals surface area contributed by atoms with Crippen LogP contribution in [0.3, 0.4) is 0 Å². The number of carbonyl (C=O) groups excluding carboxylic acids is 3. The summed E-state index contributed by atoms with van der Waals surface area (Å²) in [7, 11) is -9.78. The van der Waals surface area contributed by atoms with Crippen molar-refractivity contribution >= 4 is 33.6 Å². The predicted molar refractivity (Wildman–Crippen MR) is 353 cm³/mol. The summed E-state index contributed by atoms with van der Waals surface area (Å²) in [5.41, 5.74) is 0. The van der Waals surface area contributed by atoms with Gasteiger partial charge in [0.05, 0.1) is 26.4 Å². The van der Waals surface area contributed by atoms with Gasteiger partial charge in [0.1, 0.15) is 25.4 Å². The maximum absolute atomic E-state index is 12.9. The van der Waals surface area contributed by atoms with Crippen molar-refractivity contribution < 1.29 is 75.8 Å². The van der Waals surface area contributed by atoms with Crippen LogP contribution in [0.1, 0.15) is 265 Å². The second-order valence-corrected chi connectivity index (χ2v) is 25.2. The Balaban J connectivity index is 4.66. The van der Waals surface area contributed by atoms with E-state index in [0.717, 1.165) is 128 Å². The fraction of sp³-hybridized carbons (Fsp3) is 0.725. The lowest BCUT2D eigenvalue weighted by atomic mass is 10.0. The Labute approximate surface area is 527 Å². The zero-order chi connectivity index (χ0) is 63.8. The molecule has 0 amide bonds. The van der Waals surface area contributed by atoms with Gasteiger partial charge in [0, 0.05) is 19.3 Å². The van der Waals surface area contributed by atoms with Crippen molar-refractivity contribution in [2.75, 3.05) is 39.6 Å². The monoisotopic (exact) mass is 1270 g/mol. The molecular weight excluding hydrogens is 1150 g/mol. The number of carbonyl (C=O) groups is 3. The lowest BCUT2D eigenvalue weighted by molar-refractivity contribution is -0.161. The van der Waals surface area contributed by atoms with E-state index < -0.39 is 91.5 Å². The number of phosphoric acid groups is 2. The molecule has 5 atom stereocenters. The predicted octanol–water partition coefficient (Wildman–Crippen LogP) is 18.3. The molecule has 0 radical (unpaired) electrons. The fourth-order valence-corrected chi connectivity index (χ4v) is 10.2. The molecular formula is C69H120O16P2. The molecule has 0 saturated heterocycles. The Morgan fingerprint density at radius 1 is 0.333 bits per heavy atom. The molecule has 0 spiro atoms. The largest absolute Gasteiger partial charge is 0.472 e. The lowest BCUT2D eigenvalue weighted by Gasteiger charge is -2.21. The third kappa shape index (κ3) is 63.8. The van der Waals surface area contributed by atoms with E-state index in [1.807, 2.05) is 0 Å². The molecule has 0 rings (SSSR count). The second-order valence-electron chi connectivity index (χ2n) is 22.2. The summed E-state index contributed by atoms with van der Waals surface area (Å²) >= 11 is 0. The Morgan fingerprint density at radius 3 is 0.989 bits per heavy atom. The van der Waals surface area contributed by atoms with Gasteiger partial charge in [0.2, 0.25) is 0 Å². The van der Waals surface area contributed by atoms with E-state index in [0.29, 0.717) is 19.3 Å². The third-order valence-electron chi connectivity index (χ3n) is 13.8. The first kappa shape index (κ1) is 83.5. The average Bonchev–Trinajstić information content (AvgIpc) is 3.69. The molecule has 0 aliphatic carbocycles. The van der Waals surface area contributed by atoms with Crippen LogP contribution >= 0.6 is 15.6 Å². The molecule has 0 aromatic rings. The summed E-state index contributed by atoms with van der Waals surface area (Å²) in [6, 6.07) is 0. The number of phosphoric ester groups is 2. The van der Waals surface area contributed by atoms with Crippen molar-refractivity contribution in [1.82, 2.24) is 0 Å². The summed E-state index contributed by atoms with van der Waals surface area (Å²) in [6.45, 7) is 2.47. The van der Waals surface area contributed by atoms with E-state index in [1.54, 1.807) is 0 Å². The summed E-state index contributed by atoms with van der Waals surface area (Å²) in [6.07, 6.45) is 67.4. The fourth-order valence-electron chi connectivity index (χ4n) is 8.66. The molecule has 0 fully saturated rings. The number of unbranched alkanes of at least 4 members (excludes halogenated alkanes) is 24. The highest BCUT2D eigenvalue weighted by molar-refractivity contribution is 7.47. The van der Waals surface area contributed by atoms with Crippen molar-refractivity contribution in [3.05, 3.63) is 97.2 Å². The standard InChI is InChI=1S/C69H120O16P2/c1-4-7-10-13-16-19-22-25-27-29-30-31-32-34-36-38-40-43-46-49-52-55-67(72)79-58-64(70)59-81-86(75,76)82-60-65(71)61-83-87(77,78)84-63-66(85-69(74)57-54-51-48-45-42-37-24-21-18-15-12-9-6-3)62-80-68(73)56-53-50-47-44-41-39-35-33-28-26-23-20-17-14-11-8-5-2/h8,11,16-17,19-20,25-28,30-31,34-36,39,64-66,70-71H,4-7,9-10,12-15,18,21-24,29,32-33,37-38,40-63H2,1-3H3,(H,75,76)(H,77,78)/b11-8-,19-16-,20-17-,27-25-,28-26-,31-30-,36-34-,39-35-. The molecule has 0 aliphatic rings. The van der Waals surface area contributed by atoms with Crippen LogP contribution in [0.15, 0.2) is 97.2 Å². The van der Waals surface area contributed by atoms with Crippen molar-refractivity contribution in [3.8, 4) is 0 Å². The van der Waals surface area contributed by atoms with E-state index in [2.05, 4.69) is 118 Å². The molecule has 0 aromatic heterocycles. The SMILES string of the molecule is CC/C=C\C/C=C\C/C=C\C/C=C\CCCCCCC(=O)OCC(COP(=O)(O)OCC(O)COP(=O)(O)OCC(O)COC(=O)CCCCCCC/C=C\C/C=C\C/C=C\C/C=C\CCCCC)OC(=O)CCCCCCCCCCCCCCC. The number of allylic oxidation sites excluding steroid dienone is 16. The first-order chi connectivity index (χ1) is 42.2. The number of hydrogen-bond acceptors (Lipinski definition) is 14. The summed E-state index contributed by atoms with van der Waals surface area (Å²) in [4.78, 5) is 58.3. The van der Waals surface area contributed by atoms with Gasteiger partial charge in [-0.1, -0.05) is 240 Å². The van der Waals surface area contributed by atoms with Crippen LogP contribution in [0.2, 0.25) is 0 Å². The minimum atomic E-state index is -4.93. The van der Waals surface area contributed by atoms with Gasteiger partial charge in [0.25, 0.3) is 0 Å². The van der Waals surface area contributed by atoms with E-state index >= 15 is 0 Å². The van der Waals surface area contributed by atoms with Gasteiger partial charge >= 0.3 is 33.6 Å². The van der Waals surface area contributed by atoms with E-state index in [4.69, 9.17) is 32.3 Å². The molecule has 16 nitrogen and oxygen atoms in total. The number of hydrogen-bond donors (Lipinski definition) is 4. The summed E-state index contributed by atoms with van der Waals surface area (Å²) < 4.78 is 60.8.